The Morgan fingerprint density at radius 2 is 2.24 bits per heavy atom. The highest BCUT2D eigenvalue weighted by molar-refractivity contribution is 5.92. The van der Waals surface area contributed by atoms with Gasteiger partial charge < -0.3 is 20.8 Å². The van der Waals surface area contributed by atoms with Gasteiger partial charge in [-0.2, -0.15) is 0 Å². The molecule has 0 bridgehead atoms. The van der Waals surface area contributed by atoms with Crippen LogP contribution in [0.25, 0.3) is 0 Å². The van der Waals surface area contributed by atoms with Crippen molar-refractivity contribution in [3.05, 3.63) is 12.0 Å². The highest BCUT2D eigenvalue weighted by Gasteiger charge is 2.16. The number of hydrogen-bond acceptors (Lipinski definition) is 5. The van der Waals surface area contributed by atoms with E-state index in [-0.39, 0.29) is 30.4 Å². The number of nitrogen functional groups attached to an aromatic ring is 1. The summed E-state index contributed by atoms with van der Waals surface area (Å²) in [5.41, 5.74) is 10.9. The normalized spacial score (nSPS) is 10.2. The third kappa shape index (κ3) is 3.47. The van der Waals surface area contributed by atoms with Crippen LogP contribution in [0.2, 0.25) is 0 Å². The predicted molar refractivity (Wildman–Crippen MR) is 61.0 cm³/mol. The average molecular weight is 240 g/mol. The second-order valence-corrected chi connectivity index (χ2v) is 3.46. The molecular formula is C10H16N4O3. The second-order valence-electron chi connectivity index (χ2n) is 3.46. The number of anilines is 1. The number of nitrogens with zero attached hydrogens (tertiary/aromatic N) is 2. The molecule has 0 aromatic carbocycles. The summed E-state index contributed by atoms with van der Waals surface area (Å²) in [5, 5.41) is 0. The molecule has 0 atom stereocenters. The van der Waals surface area contributed by atoms with Crippen LogP contribution in [0.4, 0.5) is 5.82 Å². The first-order valence-corrected chi connectivity index (χ1v) is 5.32. The van der Waals surface area contributed by atoms with E-state index < -0.39 is 5.97 Å². The predicted octanol–water partition coefficient (Wildman–Crippen LogP) is -0.0925. The first-order valence-electron chi connectivity index (χ1n) is 5.32. The van der Waals surface area contributed by atoms with Crippen molar-refractivity contribution in [2.24, 2.45) is 5.73 Å². The molecule has 4 N–H and O–H groups in total. The van der Waals surface area contributed by atoms with Crippen LogP contribution in [0.5, 0.6) is 0 Å². The van der Waals surface area contributed by atoms with Gasteiger partial charge in [0.1, 0.15) is 5.82 Å². The molecule has 0 fully saturated rings. The second kappa shape index (κ2) is 5.88. The van der Waals surface area contributed by atoms with Gasteiger partial charge in [0.25, 0.3) is 0 Å². The van der Waals surface area contributed by atoms with E-state index in [0.717, 1.165) is 0 Å². The van der Waals surface area contributed by atoms with Crippen molar-refractivity contribution in [1.82, 2.24) is 9.55 Å². The van der Waals surface area contributed by atoms with E-state index in [2.05, 4.69) is 4.98 Å². The molecule has 0 spiro atoms. The first-order chi connectivity index (χ1) is 8.06. The van der Waals surface area contributed by atoms with Gasteiger partial charge >= 0.3 is 5.97 Å². The largest absolute Gasteiger partial charge is 0.461 e. The minimum atomic E-state index is -0.543. The van der Waals surface area contributed by atoms with Crippen LogP contribution in [-0.4, -0.2) is 28.0 Å². The quantitative estimate of drug-likeness (QED) is 0.674. The molecule has 0 radical (unpaired) electrons. The monoisotopic (exact) mass is 240 g/mol. The topological polar surface area (TPSA) is 113 Å². The fourth-order valence-electron chi connectivity index (χ4n) is 1.35. The number of rotatable bonds is 6. The number of hydrogen-bond donors (Lipinski definition) is 2. The molecule has 1 heterocycles. The maximum Gasteiger partial charge on any atom is 0.360 e. The number of nitrogens with two attached hydrogens (primary N) is 2. The number of imidazole rings is 1. The Hall–Kier alpha value is -2.05. The number of esters is 1. The summed E-state index contributed by atoms with van der Waals surface area (Å²) in [6, 6.07) is 0. The molecule has 1 aromatic heterocycles. The minimum Gasteiger partial charge on any atom is -0.461 e. The molecule has 1 rings (SSSR count). The van der Waals surface area contributed by atoms with Gasteiger partial charge in [-0.25, -0.2) is 9.78 Å². The third-order valence-corrected chi connectivity index (χ3v) is 2.17. The fraction of sp³-hybridized carbons (Fsp3) is 0.500. The van der Waals surface area contributed by atoms with E-state index in [9.17, 15) is 9.59 Å². The Kier molecular flexibility index (Phi) is 4.50. The molecule has 0 unspecified atom stereocenters. The minimum absolute atomic E-state index is 0.103. The summed E-state index contributed by atoms with van der Waals surface area (Å²) >= 11 is 0. The van der Waals surface area contributed by atoms with Crippen LogP contribution in [0, 0.1) is 0 Å². The Bertz CT molecular complexity index is 414. The number of amides is 1. The van der Waals surface area contributed by atoms with Crippen LogP contribution >= 0.6 is 0 Å². The van der Waals surface area contributed by atoms with Crippen molar-refractivity contribution in [3.8, 4) is 0 Å². The number of ether oxygens (including phenoxy) is 1. The summed E-state index contributed by atoms with van der Waals surface area (Å²) in [6.07, 6.45) is 2.27. The lowest BCUT2D eigenvalue weighted by Crippen LogP contribution is -2.13. The van der Waals surface area contributed by atoms with Crippen LogP contribution in [0.1, 0.15) is 30.3 Å². The molecule has 1 amide bonds. The number of carbonyl (C=O) groups excluding carboxylic acids is 2. The average Bonchev–Trinajstić information content (AvgIpc) is 2.60. The number of primary amides is 1. The van der Waals surface area contributed by atoms with Gasteiger partial charge in [0, 0.05) is 13.0 Å². The Balaban J connectivity index is 2.63. The van der Waals surface area contributed by atoms with E-state index in [1.54, 1.807) is 11.5 Å². The van der Waals surface area contributed by atoms with Crippen LogP contribution in [0.15, 0.2) is 6.33 Å². The molecule has 0 aliphatic carbocycles. The maximum atomic E-state index is 11.4. The standard InChI is InChI=1S/C10H16N4O3/c1-2-17-10(16)8-9(12)14(6-13-8)5-3-4-7(11)15/h6H,2-5,12H2,1H3,(H2,11,15). The number of aryl methyl sites for hydroxylation is 1. The Morgan fingerprint density at radius 3 is 2.82 bits per heavy atom. The fourth-order valence-corrected chi connectivity index (χ4v) is 1.35. The Morgan fingerprint density at radius 1 is 1.53 bits per heavy atom. The lowest BCUT2D eigenvalue weighted by atomic mass is 10.3. The zero-order valence-corrected chi connectivity index (χ0v) is 9.68. The van der Waals surface area contributed by atoms with Gasteiger partial charge in [0.15, 0.2) is 5.69 Å². The molecule has 0 aliphatic rings. The smallest absolute Gasteiger partial charge is 0.360 e. The van der Waals surface area contributed by atoms with Crippen molar-refractivity contribution in [1.29, 1.82) is 0 Å². The van der Waals surface area contributed by atoms with E-state index in [0.29, 0.717) is 13.0 Å². The first kappa shape index (κ1) is 13.0. The van der Waals surface area contributed by atoms with Crippen molar-refractivity contribution < 1.29 is 14.3 Å². The van der Waals surface area contributed by atoms with Gasteiger partial charge in [0.2, 0.25) is 5.91 Å². The van der Waals surface area contributed by atoms with Gasteiger partial charge in [0.05, 0.1) is 12.9 Å². The van der Waals surface area contributed by atoms with Crippen LogP contribution < -0.4 is 11.5 Å². The van der Waals surface area contributed by atoms with E-state index in [1.165, 1.54) is 6.33 Å². The molecule has 7 heteroatoms. The Labute approximate surface area is 98.7 Å². The summed E-state index contributed by atoms with van der Waals surface area (Å²) in [4.78, 5) is 25.9. The zero-order valence-electron chi connectivity index (χ0n) is 9.68. The van der Waals surface area contributed by atoms with E-state index in [1.807, 2.05) is 0 Å². The maximum absolute atomic E-state index is 11.4. The van der Waals surface area contributed by atoms with Crippen molar-refractivity contribution in [3.63, 3.8) is 0 Å². The molecule has 94 valence electrons. The molecule has 7 nitrogen and oxygen atoms in total. The molecule has 0 aliphatic heterocycles. The van der Waals surface area contributed by atoms with Gasteiger partial charge in [-0.3, -0.25) is 4.79 Å². The highest BCUT2D eigenvalue weighted by atomic mass is 16.5. The van der Waals surface area contributed by atoms with E-state index >= 15 is 0 Å². The summed E-state index contributed by atoms with van der Waals surface area (Å²) in [5.74, 6) is -0.666. The summed E-state index contributed by atoms with van der Waals surface area (Å²) in [6.45, 7) is 2.46. The van der Waals surface area contributed by atoms with Crippen LogP contribution in [-0.2, 0) is 16.1 Å². The highest BCUT2D eigenvalue weighted by Crippen LogP contribution is 2.12. The molecule has 1 aromatic rings. The lowest BCUT2D eigenvalue weighted by Gasteiger charge is -2.04. The number of carbonyl (C=O) groups is 2. The molecular weight excluding hydrogens is 224 g/mol. The molecule has 0 saturated heterocycles. The third-order valence-electron chi connectivity index (χ3n) is 2.17. The van der Waals surface area contributed by atoms with Gasteiger partial charge in [-0.15, -0.1) is 0 Å². The van der Waals surface area contributed by atoms with Gasteiger partial charge in [-0.1, -0.05) is 0 Å². The molecule has 17 heavy (non-hydrogen) atoms. The van der Waals surface area contributed by atoms with Gasteiger partial charge in [-0.05, 0) is 13.3 Å². The SMILES string of the molecule is CCOC(=O)c1ncn(CCCC(N)=O)c1N. The molecule has 0 saturated carbocycles. The zero-order chi connectivity index (χ0) is 12.8. The van der Waals surface area contributed by atoms with Crippen molar-refractivity contribution in [2.75, 3.05) is 12.3 Å². The van der Waals surface area contributed by atoms with E-state index in [4.69, 9.17) is 16.2 Å². The van der Waals surface area contributed by atoms with Crippen LogP contribution in [0.3, 0.4) is 0 Å². The van der Waals surface area contributed by atoms with Crippen molar-refractivity contribution in [2.45, 2.75) is 26.3 Å². The summed E-state index contributed by atoms with van der Waals surface area (Å²) < 4.78 is 6.39. The number of aromatic nitrogens is 2. The lowest BCUT2D eigenvalue weighted by molar-refractivity contribution is -0.118. The summed E-state index contributed by atoms with van der Waals surface area (Å²) in [7, 11) is 0. The van der Waals surface area contributed by atoms with Crippen molar-refractivity contribution >= 4 is 17.7 Å².